The molecule has 27 heavy (non-hydrogen) atoms. The molecule has 1 aromatic heterocycles. The second-order valence-corrected chi connectivity index (χ2v) is 7.39. The minimum absolute atomic E-state index is 0. The van der Waals surface area contributed by atoms with Crippen LogP contribution in [-0.2, 0) is 9.59 Å². The van der Waals surface area contributed by atoms with Crippen LogP contribution in [0.3, 0.4) is 0 Å². The van der Waals surface area contributed by atoms with Crippen LogP contribution >= 0.6 is 23.7 Å². The zero-order valence-corrected chi connectivity index (χ0v) is 17.4. The van der Waals surface area contributed by atoms with E-state index in [-0.39, 0.29) is 36.7 Å². The van der Waals surface area contributed by atoms with E-state index in [1.807, 2.05) is 45.0 Å². The number of carbonyl (C=O) groups excluding carboxylic acids is 2. The first-order valence-corrected chi connectivity index (χ1v) is 9.08. The molecule has 2 aromatic rings. The molecule has 0 unspecified atom stereocenters. The normalized spacial score (nSPS) is 11.5. The second-order valence-electron chi connectivity index (χ2n) is 6.19. The molecule has 0 bridgehead atoms. The fourth-order valence-corrected chi connectivity index (χ4v) is 3.07. The number of methoxy groups -OCH3 is 1. The van der Waals surface area contributed by atoms with Gasteiger partial charge < -0.3 is 21.1 Å². The van der Waals surface area contributed by atoms with Gasteiger partial charge in [-0.2, -0.15) is 0 Å². The average Bonchev–Trinajstić information content (AvgIpc) is 2.99. The van der Waals surface area contributed by atoms with Gasteiger partial charge in [0, 0.05) is 10.4 Å². The van der Waals surface area contributed by atoms with Crippen molar-refractivity contribution in [1.82, 2.24) is 10.3 Å². The number of carbonyl (C=O) groups is 2. The lowest BCUT2D eigenvalue weighted by Crippen LogP contribution is -2.46. The quantitative estimate of drug-likeness (QED) is 0.648. The molecule has 1 aromatic carbocycles. The van der Waals surface area contributed by atoms with E-state index in [9.17, 15) is 9.59 Å². The molecule has 1 atom stereocenters. The molecule has 2 rings (SSSR count). The van der Waals surface area contributed by atoms with E-state index in [4.69, 9.17) is 10.5 Å². The molecule has 0 saturated carbocycles. The lowest BCUT2D eigenvalue weighted by molar-refractivity contribution is -0.125. The van der Waals surface area contributed by atoms with E-state index >= 15 is 0 Å². The van der Waals surface area contributed by atoms with Crippen molar-refractivity contribution in [3.05, 3.63) is 29.1 Å². The monoisotopic (exact) mass is 412 g/mol. The number of rotatable bonds is 7. The van der Waals surface area contributed by atoms with Crippen molar-refractivity contribution in [3.8, 4) is 17.0 Å². The fourth-order valence-electron chi connectivity index (χ4n) is 2.22. The van der Waals surface area contributed by atoms with Crippen LogP contribution in [-0.4, -0.2) is 36.5 Å². The molecule has 0 aliphatic heterocycles. The zero-order chi connectivity index (χ0) is 19.3. The van der Waals surface area contributed by atoms with Gasteiger partial charge >= 0.3 is 0 Å². The van der Waals surface area contributed by atoms with Gasteiger partial charge in [-0.25, -0.2) is 4.98 Å². The SMILES string of the molecule is COc1ccc(-c2nc(NC(=O)CNC(=O)[C@@H](N)C(C)C)sc2C)cc1.Cl. The number of hydrogen-bond acceptors (Lipinski definition) is 6. The van der Waals surface area contributed by atoms with Crippen LogP contribution in [0.5, 0.6) is 5.75 Å². The van der Waals surface area contributed by atoms with Crippen LogP contribution < -0.4 is 21.1 Å². The maximum Gasteiger partial charge on any atom is 0.245 e. The molecule has 148 valence electrons. The number of anilines is 1. The van der Waals surface area contributed by atoms with Gasteiger partial charge in [-0.15, -0.1) is 23.7 Å². The topological polar surface area (TPSA) is 106 Å². The number of nitrogens with one attached hydrogen (secondary N) is 2. The molecule has 0 fully saturated rings. The van der Waals surface area contributed by atoms with Gasteiger partial charge in [0.1, 0.15) is 5.75 Å². The summed E-state index contributed by atoms with van der Waals surface area (Å²) in [5.74, 6) is 0.0889. The first-order chi connectivity index (χ1) is 12.3. The summed E-state index contributed by atoms with van der Waals surface area (Å²) < 4.78 is 5.15. The van der Waals surface area contributed by atoms with Crippen molar-refractivity contribution < 1.29 is 14.3 Å². The van der Waals surface area contributed by atoms with E-state index in [1.54, 1.807) is 7.11 Å². The molecule has 0 aliphatic carbocycles. The lowest BCUT2D eigenvalue weighted by atomic mass is 10.1. The summed E-state index contributed by atoms with van der Waals surface area (Å²) in [5.41, 5.74) is 7.49. The van der Waals surface area contributed by atoms with Gasteiger partial charge in [0.25, 0.3) is 0 Å². The van der Waals surface area contributed by atoms with Gasteiger partial charge in [0.05, 0.1) is 25.4 Å². The second kappa shape index (κ2) is 10.2. The number of thiazole rings is 1. The Bertz CT molecular complexity index is 777. The predicted molar refractivity (Wildman–Crippen MR) is 111 cm³/mol. The van der Waals surface area contributed by atoms with E-state index in [0.29, 0.717) is 5.13 Å². The molecule has 9 heteroatoms. The number of nitrogens with zero attached hydrogens (tertiary/aromatic N) is 1. The first-order valence-electron chi connectivity index (χ1n) is 8.26. The maximum atomic E-state index is 12.0. The Hall–Kier alpha value is -2.16. The molecule has 1 heterocycles. The van der Waals surface area contributed by atoms with Crippen molar-refractivity contribution in [2.75, 3.05) is 19.0 Å². The molecular weight excluding hydrogens is 388 g/mol. The Labute approximate surface area is 169 Å². The van der Waals surface area contributed by atoms with Crippen LogP contribution in [0.2, 0.25) is 0 Å². The van der Waals surface area contributed by atoms with Crippen LogP contribution in [0.25, 0.3) is 11.3 Å². The van der Waals surface area contributed by atoms with Gasteiger partial charge in [-0.3, -0.25) is 9.59 Å². The smallest absolute Gasteiger partial charge is 0.245 e. The van der Waals surface area contributed by atoms with Crippen LogP contribution in [0.1, 0.15) is 18.7 Å². The van der Waals surface area contributed by atoms with Crippen molar-refractivity contribution in [1.29, 1.82) is 0 Å². The highest BCUT2D eigenvalue weighted by molar-refractivity contribution is 7.16. The minimum atomic E-state index is -0.633. The number of halogens is 1. The summed E-state index contributed by atoms with van der Waals surface area (Å²) in [5, 5.41) is 5.73. The summed E-state index contributed by atoms with van der Waals surface area (Å²) in [4.78, 5) is 29.3. The average molecular weight is 413 g/mol. The number of benzene rings is 1. The van der Waals surface area contributed by atoms with Crippen molar-refractivity contribution in [2.45, 2.75) is 26.8 Å². The Kier molecular flexibility index (Phi) is 8.68. The van der Waals surface area contributed by atoms with Gasteiger partial charge in [0.15, 0.2) is 5.13 Å². The maximum absolute atomic E-state index is 12.0. The van der Waals surface area contributed by atoms with Gasteiger partial charge in [-0.05, 0) is 37.1 Å². The molecule has 0 spiro atoms. The van der Waals surface area contributed by atoms with Gasteiger partial charge in [0.2, 0.25) is 11.8 Å². The number of ether oxygens (including phenoxy) is 1. The van der Waals surface area contributed by atoms with Gasteiger partial charge in [-0.1, -0.05) is 13.8 Å². The highest BCUT2D eigenvalue weighted by Gasteiger charge is 2.18. The van der Waals surface area contributed by atoms with E-state index in [0.717, 1.165) is 21.9 Å². The Balaban J connectivity index is 0.00000364. The zero-order valence-electron chi connectivity index (χ0n) is 15.7. The standard InChI is InChI=1S/C18H24N4O3S.ClH/c1-10(2)15(19)17(24)20-9-14(23)21-18-22-16(11(3)26-18)12-5-7-13(25-4)8-6-12;/h5-8,10,15H,9,19H2,1-4H3,(H,20,24)(H,21,22,23);1H/t15-;/m0./s1. The van der Waals surface area contributed by atoms with E-state index in [2.05, 4.69) is 15.6 Å². The summed E-state index contributed by atoms with van der Waals surface area (Å²) in [6, 6.07) is 6.92. The highest BCUT2D eigenvalue weighted by atomic mass is 35.5. The summed E-state index contributed by atoms with van der Waals surface area (Å²) in [7, 11) is 1.61. The number of nitrogens with two attached hydrogens (primary N) is 1. The lowest BCUT2D eigenvalue weighted by Gasteiger charge is -2.14. The first kappa shape index (κ1) is 22.9. The molecule has 7 nitrogen and oxygen atoms in total. The Morgan fingerprint density at radius 3 is 2.44 bits per heavy atom. The minimum Gasteiger partial charge on any atom is -0.497 e. The number of aromatic nitrogens is 1. The molecule has 0 aliphatic rings. The third kappa shape index (κ3) is 6.20. The van der Waals surface area contributed by atoms with Crippen LogP contribution in [0.4, 0.5) is 5.13 Å². The summed E-state index contributed by atoms with van der Waals surface area (Å²) >= 11 is 1.38. The Morgan fingerprint density at radius 2 is 1.89 bits per heavy atom. The summed E-state index contributed by atoms with van der Waals surface area (Å²) in [6.45, 7) is 5.50. The van der Waals surface area contributed by atoms with Crippen LogP contribution in [0.15, 0.2) is 24.3 Å². The number of aryl methyl sites for hydroxylation is 1. The van der Waals surface area contributed by atoms with Crippen molar-refractivity contribution >= 4 is 40.7 Å². The summed E-state index contributed by atoms with van der Waals surface area (Å²) in [6.07, 6.45) is 0. The third-order valence-corrected chi connectivity index (χ3v) is 4.74. The molecular formula is C18H25ClN4O3S. The molecule has 4 N–H and O–H groups in total. The molecule has 0 radical (unpaired) electrons. The van der Waals surface area contributed by atoms with Crippen LogP contribution in [0, 0.1) is 12.8 Å². The Morgan fingerprint density at radius 1 is 1.26 bits per heavy atom. The van der Waals surface area contributed by atoms with Crippen molar-refractivity contribution in [2.24, 2.45) is 11.7 Å². The fraction of sp³-hybridized carbons (Fsp3) is 0.389. The number of hydrogen-bond donors (Lipinski definition) is 3. The highest BCUT2D eigenvalue weighted by Crippen LogP contribution is 2.31. The number of amides is 2. The van der Waals surface area contributed by atoms with E-state index in [1.165, 1.54) is 11.3 Å². The largest absolute Gasteiger partial charge is 0.497 e. The molecule has 0 saturated heterocycles. The van der Waals surface area contributed by atoms with E-state index < -0.39 is 6.04 Å². The van der Waals surface area contributed by atoms with Crippen molar-refractivity contribution in [3.63, 3.8) is 0 Å². The predicted octanol–water partition coefficient (Wildman–Crippen LogP) is 2.59. The third-order valence-electron chi connectivity index (χ3n) is 3.85. The molecule has 2 amide bonds.